The van der Waals surface area contributed by atoms with Gasteiger partial charge in [0.25, 0.3) is 0 Å². The van der Waals surface area contributed by atoms with Crippen molar-refractivity contribution < 1.29 is 4.79 Å². The fourth-order valence-corrected chi connectivity index (χ4v) is 2.17. The van der Waals surface area contributed by atoms with Gasteiger partial charge in [-0.25, -0.2) is 0 Å². The van der Waals surface area contributed by atoms with Gasteiger partial charge >= 0.3 is 0 Å². The minimum Gasteiger partial charge on any atom is -0.347 e. The molecule has 1 rings (SSSR count). The van der Waals surface area contributed by atoms with E-state index < -0.39 is 6.04 Å². The maximum absolute atomic E-state index is 11.8. The zero-order chi connectivity index (χ0) is 12.1. The van der Waals surface area contributed by atoms with Crippen LogP contribution in [0.2, 0.25) is 0 Å². The standard InChI is InChI=1S/C12H20N2OS/c1-4-8(2)11(13)12(15)14-9(3)10-6-5-7-16-10/h5-9,11H,4,13H2,1-3H3,(H,14,15)/t8?,9?,11-/m0/s1. The fourth-order valence-electron chi connectivity index (χ4n) is 1.43. The SMILES string of the molecule is CCC(C)[C@H](N)C(=O)NC(C)c1cccs1. The molecule has 0 fully saturated rings. The number of carbonyl (C=O) groups is 1. The molecule has 1 amide bonds. The molecule has 2 unspecified atom stereocenters. The summed E-state index contributed by atoms with van der Waals surface area (Å²) in [5.74, 6) is 0.158. The molecule has 16 heavy (non-hydrogen) atoms. The zero-order valence-corrected chi connectivity index (χ0v) is 10.9. The van der Waals surface area contributed by atoms with E-state index in [4.69, 9.17) is 5.73 Å². The van der Waals surface area contributed by atoms with Crippen molar-refractivity contribution in [3.8, 4) is 0 Å². The zero-order valence-electron chi connectivity index (χ0n) is 10.1. The Bertz CT molecular complexity index is 324. The summed E-state index contributed by atoms with van der Waals surface area (Å²) in [5.41, 5.74) is 5.86. The minimum absolute atomic E-state index is 0.0441. The van der Waals surface area contributed by atoms with Crippen LogP contribution in [0.25, 0.3) is 0 Å². The third kappa shape index (κ3) is 3.32. The van der Waals surface area contributed by atoms with Crippen LogP contribution in [-0.4, -0.2) is 11.9 Å². The lowest BCUT2D eigenvalue weighted by atomic mass is 9.99. The topological polar surface area (TPSA) is 55.1 Å². The average Bonchev–Trinajstić information content (AvgIpc) is 2.80. The molecular formula is C12H20N2OS. The Balaban J connectivity index is 2.51. The second kappa shape index (κ2) is 6.01. The number of rotatable bonds is 5. The first kappa shape index (κ1) is 13.2. The lowest BCUT2D eigenvalue weighted by Crippen LogP contribution is -2.45. The number of thiophene rings is 1. The van der Waals surface area contributed by atoms with Crippen LogP contribution in [0.3, 0.4) is 0 Å². The molecule has 3 nitrogen and oxygen atoms in total. The Morgan fingerprint density at radius 2 is 2.25 bits per heavy atom. The molecule has 0 saturated heterocycles. The summed E-state index contributed by atoms with van der Waals surface area (Å²) in [5, 5.41) is 4.95. The number of amides is 1. The number of carbonyl (C=O) groups excluding carboxylic acids is 1. The maximum Gasteiger partial charge on any atom is 0.237 e. The second-order valence-corrected chi connectivity index (χ2v) is 5.14. The lowest BCUT2D eigenvalue weighted by Gasteiger charge is -2.20. The van der Waals surface area contributed by atoms with Crippen molar-refractivity contribution in [2.24, 2.45) is 11.7 Å². The van der Waals surface area contributed by atoms with E-state index in [1.807, 2.05) is 38.3 Å². The van der Waals surface area contributed by atoms with E-state index in [1.54, 1.807) is 11.3 Å². The number of hydrogen-bond acceptors (Lipinski definition) is 3. The molecule has 0 aromatic carbocycles. The first-order valence-electron chi connectivity index (χ1n) is 5.65. The number of nitrogens with two attached hydrogens (primary N) is 1. The van der Waals surface area contributed by atoms with E-state index in [9.17, 15) is 4.79 Å². The van der Waals surface area contributed by atoms with Crippen molar-refractivity contribution in [3.05, 3.63) is 22.4 Å². The van der Waals surface area contributed by atoms with Gasteiger partial charge in [0.05, 0.1) is 12.1 Å². The summed E-state index contributed by atoms with van der Waals surface area (Å²) in [6.07, 6.45) is 0.919. The van der Waals surface area contributed by atoms with Gasteiger partial charge in [-0.05, 0) is 24.3 Å². The Hall–Kier alpha value is -0.870. The average molecular weight is 240 g/mol. The highest BCUT2D eigenvalue weighted by Crippen LogP contribution is 2.18. The van der Waals surface area contributed by atoms with Crippen molar-refractivity contribution in [1.29, 1.82) is 0 Å². The smallest absolute Gasteiger partial charge is 0.237 e. The van der Waals surface area contributed by atoms with Crippen LogP contribution in [0.4, 0.5) is 0 Å². The molecule has 0 radical (unpaired) electrons. The molecule has 1 heterocycles. The van der Waals surface area contributed by atoms with Crippen LogP contribution >= 0.6 is 11.3 Å². The molecular weight excluding hydrogens is 220 g/mol. The van der Waals surface area contributed by atoms with E-state index >= 15 is 0 Å². The number of nitrogens with one attached hydrogen (secondary N) is 1. The van der Waals surface area contributed by atoms with Crippen LogP contribution in [0, 0.1) is 5.92 Å². The summed E-state index contributed by atoms with van der Waals surface area (Å²) in [7, 11) is 0. The number of hydrogen-bond donors (Lipinski definition) is 2. The molecule has 0 saturated carbocycles. The largest absolute Gasteiger partial charge is 0.347 e. The van der Waals surface area contributed by atoms with Crippen LogP contribution in [0.5, 0.6) is 0 Å². The molecule has 0 aliphatic carbocycles. The second-order valence-electron chi connectivity index (χ2n) is 4.16. The first-order chi connectivity index (χ1) is 7.56. The summed E-state index contributed by atoms with van der Waals surface area (Å²) in [4.78, 5) is 13.0. The maximum atomic E-state index is 11.8. The summed E-state index contributed by atoms with van der Waals surface area (Å²) in [6, 6.07) is 3.64. The quantitative estimate of drug-likeness (QED) is 0.829. The lowest BCUT2D eigenvalue weighted by molar-refractivity contribution is -0.124. The van der Waals surface area contributed by atoms with E-state index in [-0.39, 0.29) is 17.9 Å². The molecule has 4 heteroatoms. The molecule has 3 N–H and O–H groups in total. The monoisotopic (exact) mass is 240 g/mol. The molecule has 3 atom stereocenters. The van der Waals surface area contributed by atoms with Gasteiger partial charge in [0.2, 0.25) is 5.91 Å². The van der Waals surface area contributed by atoms with Crippen LogP contribution < -0.4 is 11.1 Å². The predicted octanol–water partition coefficient (Wildman–Crippen LogP) is 2.30. The molecule has 1 aromatic rings. The molecule has 0 aliphatic heterocycles. The van der Waals surface area contributed by atoms with Crippen molar-refractivity contribution in [3.63, 3.8) is 0 Å². The highest BCUT2D eigenvalue weighted by Gasteiger charge is 2.21. The molecule has 0 aliphatic rings. The molecule has 1 aromatic heterocycles. The minimum atomic E-state index is -0.410. The highest BCUT2D eigenvalue weighted by molar-refractivity contribution is 7.10. The van der Waals surface area contributed by atoms with Crippen molar-refractivity contribution in [2.45, 2.75) is 39.3 Å². The normalized spacial score (nSPS) is 16.5. The van der Waals surface area contributed by atoms with E-state index in [1.165, 1.54) is 0 Å². The van der Waals surface area contributed by atoms with Crippen LogP contribution in [0.15, 0.2) is 17.5 Å². The van der Waals surface area contributed by atoms with Gasteiger partial charge < -0.3 is 11.1 Å². The third-order valence-corrected chi connectivity index (χ3v) is 3.94. The predicted molar refractivity (Wildman–Crippen MR) is 68.3 cm³/mol. The van der Waals surface area contributed by atoms with Gasteiger partial charge in [-0.2, -0.15) is 0 Å². The van der Waals surface area contributed by atoms with Gasteiger partial charge in [0, 0.05) is 4.88 Å². The van der Waals surface area contributed by atoms with Crippen molar-refractivity contribution in [2.75, 3.05) is 0 Å². The Morgan fingerprint density at radius 1 is 1.56 bits per heavy atom. The fraction of sp³-hybridized carbons (Fsp3) is 0.583. The Morgan fingerprint density at radius 3 is 2.75 bits per heavy atom. The van der Waals surface area contributed by atoms with Crippen molar-refractivity contribution in [1.82, 2.24) is 5.32 Å². The van der Waals surface area contributed by atoms with E-state index in [0.29, 0.717) is 0 Å². The molecule has 90 valence electrons. The van der Waals surface area contributed by atoms with Gasteiger partial charge in [-0.15, -0.1) is 11.3 Å². The van der Waals surface area contributed by atoms with Crippen molar-refractivity contribution >= 4 is 17.2 Å². The Labute approximate surface area is 101 Å². The Kier molecular flexibility index (Phi) is 4.96. The van der Waals surface area contributed by atoms with Gasteiger partial charge in [0.1, 0.15) is 0 Å². The summed E-state index contributed by atoms with van der Waals surface area (Å²) >= 11 is 1.64. The summed E-state index contributed by atoms with van der Waals surface area (Å²) in [6.45, 7) is 6.02. The molecule has 0 spiro atoms. The van der Waals surface area contributed by atoms with E-state index in [2.05, 4.69) is 5.32 Å². The molecule has 0 bridgehead atoms. The van der Waals surface area contributed by atoms with Crippen LogP contribution in [0.1, 0.15) is 38.1 Å². The summed E-state index contributed by atoms with van der Waals surface area (Å²) < 4.78 is 0. The van der Waals surface area contributed by atoms with Gasteiger partial charge in [-0.1, -0.05) is 26.3 Å². The third-order valence-electron chi connectivity index (χ3n) is 2.89. The van der Waals surface area contributed by atoms with Gasteiger partial charge in [0.15, 0.2) is 0 Å². The first-order valence-corrected chi connectivity index (χ1v) is 6.53. The van der Waals surface area contributed by atoms with E-state index in [0.717, 1.165) is 11.3 Å². The van der Waals surface area contributed by atoms with Gasteiger partial charge in [-0.3, -0.25) is 4.79 Å². The van der Waals surface area contributed by atoms with Crippen LogP contribution in [-0.2, 0) is 4.79 Å². The highest BCUT2D eigenvalue weighted by atomic mass is 32.1.